The molecule has 1 aromatic carbocycles. The van der Waals surface area contributed by atoms with E-state index in [-0.39, 0.29) is 11.7 Å². The number of benzene rings is 1. The summed E-state index contributed by atoms with van der Waals surface area (Å²) >= 11 is 1.64. The molecule has 7 heteroatoms. The fourth-order valence-electron chi connectivity index (χ4n) is 2.87. The summed E-state index contributed by atoms with van der Waals surface area (Å²) in [5.41, 5.74) is 1.85. The van der Waals surface area contributed by atoms with Gasteiger partial charge in [0.2, 0.25) is 0 Å². The summed E-state index contributed by atoms with van der Waals surface area (Å²) in [7, 11) is 0. The van der Waals surface area contributed by atoms with E-state index in [0.29, 0.717) is 41.5 Å². The van der Waals surface area contributed by atoms with E-state index in [1.54, 1.807) is 29.7 Å². The van der Waals surface area contributed by atoms with Gasteiger partial charge in [-0.25, -0.2) is 9.97 Å². The first kappa shape index (κ1) is 18.3. The molecule has 4 aromatic rings. The zero-order chi connectivity index (χ0) is 19.5. The van der Waals surface area contributed by atoms with E-state index in [1.807, 2.05) is 36.7 Å². The van der Waals surface area contributed by atoms with Crippen LogP contribution in [-0.2, 0) is 6.42 Å². The van der Waals surface area contributed by atoms with Crippen LogP contribution in [0.5, 0.6) is 11.5 Å². The number of carbonyl (C=O) groups is 1. The van der Waals surface area contributed by atoms with Crippen LogP contribution >= 0.6 is 11.3 Å². The Morgan fingerprint density at radius 3 is 2.82 bits per heavy atom. The molecule has 142 valence electrons. The van der Waals surface area contributed by atoms with Gasteiger partial charge in [-0.2, -0.15) is 0 Å². The van der Waals surface area contributed by atoms with Crippen molar-refractivity contribution in [1.82, 2.24) is 15.0 Å². The molecule has 0 spiro atoms. The van der Waals surface area contributed by atoms with Gasteiger partial charge in [0.25, 0.3) is 0 Å². The van der Waals surface area contributed by atoms with Gasteiger partial charge in [-0.05, 0) is 18.2 Å². The Balaban J connectivity index is 1.53. The Hall–Kier alpha value is -3.06. The predicted molar refractivity (Wildman–Crippen MR) is 107 cm³/mol. The molecule has 0 saturated heterocycles. The number of fused-ring (bicyclic) bond motifs is 1. The van der Waals surface area contributed by atoms with Crippen LogP contribution in [-0.4, -0.2) is 20.7 Å². The Kier molecular flexibility index (Phi) is 5.16. The molecule has 1 atom stereocenters. The van der Waals surface area contributed by atoms with E-state index in [2.05, 4.69) is 21.9 Å². The fourth-order valence-corrected chi connectivity index (χ4v) is 3.57. The van der Waals surface area contributed by atoms with Gasteiger partial charge in [-0.15, -0.1) is 11.3 Å². The Morgan fingerprint density at radius 2 is 2.04 bits per heavy atom. The highest BCUT2D eigenvalue weighted by Gasteiger charge is 2.15. The van der Waals surface area contributed by atoms with Crippen molar-refractivity contribution in [2.75, 3.05) is 0 Å². The molecule has 3 heterocycles. The molecule has 0 amide bonds. The standard InChI is InChI=1S/C21H19N3O3S/c1-3-18(25)17-11-15(6-7-22-17)26-14-4-5-16-19(12-14)27-20(24-16)10-13(2)21-23-8-9-28-21/h4-9,11-13H,3,10H2,1-2H3. The zero-order valence-corrected chi connectivity index (χ0v) is 16.4. The average Bonchev–Trinajstić information content (AvgIpc) is 3.37. The van der Waals surface area contributed by atoms with Gasteiger partial charge in [0.05, 0.1) is 5.01 Å². The minimum atomic E-state index is -0.0184. The number of aromatic nitrogens is 3. The number of pyridine rings is 1. The number of nitrogens with zero attached hydrogens (tertiary/aromatic N) is 3. The lowest BCUT2D eigenvalue weighted by Crippen LogP contribution is -1.99. The molecular formula is C21H19N3O3S. The molecule has 4 rings (SSSR count). The maximum Gasteiger partial charge on any atom is 0.196 e. The lowest BCUT2D eigenvalue weighted by Gasteiger charge is -2.06. The highest BCUT2D eigenvalue weighted by Crippen LogP contribution is 2.28. The molecule has 0 bridgehead atoms. The topological polar surface area (TPSA) is 78.1 Å². The Bertz CT molecular complexity index is 1110. The first-order chi connectivity index (χ1) is 13.6. The Labute approximate surface area is 166 Å². The Morgan fingerprint density at radius 1 is 1.18 bits per heavy atom. The second kappa shape index (κ2) is 7.90. The average molecular weight is 393 g/mol. The van der Waals surface area contributed by atoms with Crippen LogP contribution < -0.4 is 4.74 Å². The van der Waals surface area contributed by atoms with Gasteiger partial charge in [0, 0.05) is 48.7 Å². The molecule has 0 aliphatic carbocycles. The molecule has 1 unspecified atom stereocenters. The highest BCUT2D eigenvalue weighted by atomic mass is 32.1. The maximum atomic E-state index is 11.8. The fraction of sp³-hybridized carbons (Fsp3) is 0.238. The van der Waals surface area contributed by atoms with Crippen molar-refractivity contribution < 1.29 is 13.9 Å². The summed E-state index contributed by atoms with van der Waals surface area (Å²) in [6.07, 6.45) is 4.47. The second-order valence-electron chi connectivity index (χ2n) is 6.47. The molecule has 0 fully saturated rings. The predicted octanol–water partition coefficient (Wildman–Crippen LogP) is 5.41. The lowest BCUT2D eigenvalue weighted by atomic mass is 10.1. The number of carbonyl (C=O) groups excluding carboxylic acids is 1. The molecule has 6 nitrogen and oxygen atoms in total. The quantitative estimate of drug-likeness (QED) is 0.391. The van der Waals surface area contributed by atoms with Crippen LogP contribution in [0.15, 0.2) is 52.5 Å². The largest absolute Gasteiger partial charge is 0.457 e. The first-order valence-corrected chi connectivity index (χ1v) is 9.96. The number of rotatable bonds is 7. The molecule has 0 aliphatic rings. The van der Waals surface area contributed by atoms with Crippen LogP contribution in [0.2, 0.25) is 0 Å². The van der Waals surface area contributed by atoms with Gasteiger partial charge in [-0.1, -0.05) is 13.8 Å². The smallest absolute Gasteiger partial charge is 0.196 e. The first-order valence-electron chi connectivity index (χ1n) is 9.08. The van der Waals surface area contributed by atoms with E-state index in [9.17, 15) is 4.79 Å². The van der Waals surface area contributed by atoms with E-state index in [4.69, 9.17) is 9.15 Å². The summed E-state index contributed by atoms with van der Waals surface area (Å²) in [6, 6.07) is 8.88. The van der Waals surface area contributed by atoms with Gasteiger partial charge < -0.3 is 9.15 Å². The molecular weight excluding hydrogens is 374 g/mol. The third kappa shape index (κ3) is 3.94. The van der Waals surface area contributed by atoms with Crippen molar-refractivity contribution in [2.45, 2.75) is 32.6 Å². The summed E-state index contributed by atoms with van der Waals surface area (Å²) in [6.45, 7) is 3.92. The highest BCUT2D eigenvalue weighted by molar-refractivity contribution is 7.09. The van der Waals surface area contributed by atoms with Crippen molar-refractivity contribution in [3.63, 3.8) is 0 Å². The van der Waals surface area contributed by atoms with Crippen LogP contribution in [0.25, 0.3) is 11.1 Å². The summed E-state index contributed by atoms with van der Waals surface area (Å²) in [4.78, 5) is 24.8. The van der Waals surface area contributed by atoms with Gasteiger partial charge in [-0.3, -0.25) is 9.78 Å². The van der Waals surface area contributed by atoms with Crippen molar-refractivity contribution in [3.05, 3.63) is 64.7 Å². The van der Waals surface area contributed by atoms with Crippen LogP contribution in [0.4, 0.5) is 0 Å². The van der Waals surface area contributed by atoms with Crippen LogP contribution in [0.3, 0.4) is 0 Å². The minimum Gasteiger partial charge on any atom is -0.457 e. The molecule has 0 saturated carbocycles. The van der Waals surface area contributed by atoms with Crippen LogP contribution in [0, 0.1) is 0 Å². The minimum absolute atomic E-state index is 0.0184. The number of oxazole rings is 1. The van der Waals surface area contributed by atoms with E-state index in [0.717, 1.165) is 10.5 Å². The van der Waals surface area contributed by atoms with E-state index < -0.39 is 0 Å². The maximum absolute atomic E-state index is 11.8. The summed E-state index contributed by atoms with van der Waals surface area (Å²) in [5, 5.41) is 3.04. The van der Waals surface area contributed by atoms with Crippen molar-refractivity contribution in [2.24, 2.45) is 0 Å². The number of Topliss-reactive ketones (excluding diaryl/α,β-unsaturated/α-hetero) is 1. The lowest BCUT2D eigenvalue weighted by molar-refractivity contribution is 0.0983. The van der Waals surface area contributed by atoms with Gasteiger partial charge >= 0.3 is 0 Å². The van der Waals surface area contributed by atoms with Crippen molar-refractivity contribution >= 4 is 28.2 Å². The van der Waals surface area contributed by atoms with Crippen molar-refractivity contribution in [3.8, 4) is 11.5 Å². The zero-order valence-electron chi connectivity index (χ0n) is 15.6. The van der Waals surface area contributed by atoms with E-state index in [1.165, 1.54) is 0 Å². The van der Waals surface area contributed by atoms with Gasteiger partial charge in [0.15, 0.2) is 17.3 Å². The number of thiazole rings is 1. The molecule has 28 heavy (non-hydrogen) atoms. The SMILES string of the molecule is CCC(=O)c1cc(Oc2ccc3nc(CC(C)c4nccs4)oc3c2)ccn1. The van der Waals surface area contributed by atoms with Gasteiger partial charge in [0.1, 0.15) is 22.7 Å². The number of hydrogen-bond acceptors (Lipinski definition) is 7. The van der Waals surface area contributed by atoms with Crippen LogP contribution in [0.1, 0.15) is 47.6 Å². The van der Waals surface area contributed by atoms with Crippen molar-refractivity contribution in [1.29, 1.82) is 0 Å². The number of ether oxygens (including phenoxy) is 1. The van der Waals surface area contributed by atoms with E-state index >= 15 is 0 Å². The number of ketones is 1. The molecule has 0 radical (unpaired) electrons. The third-order valence-corrected chi connectivity index (χ3v) is 5.34. The molecule has 0 N–H and O–H groups in total. The normalized spacial score (nSPS) is 12.2. The summed E-state index contributed by atoms with van der Waals surface area (Å²) < 4.78 is 11.8. The molecule has 3 aromatic heterocycles. The number of hydrogen-bond donors (Lipinski definition) is 0. The summed E-state index contributed by atoms with van der Waals surface area (Å²) in [5.74, 6) is 2.08. The second-order valence-corrected chi connectivity index (χ2v) is 7.39. The third-order valence-electron chi connectivity index (χ3n) is 4.33. The monoisotopic (exact) mass is 393 g/mol. The molecule has 0 aliphatic heterocycles.